The number of ether oxygens (including phenoxy) is 3. The molecule has 5 heteroatoms. The molecule has 0 bridgehead atoms. The van der Waals surface area contributed by atoms with Crippen molar-refractivity contribution in [3.63, 3.8) is 0 Å². The Morgan fingerprint density at radius 3 is 2.12 bits per heavy atom. The van der Waals surface area contributed by atoms with E-state index in [0.717, 1.165) is 10.0 Å². The molecular weight excluding hydrogens is 276 g/mol. The van der Waals surface area contributed by atoms with Crippen molar-refractivity contribution >= 4 is 15.9 Å². The molecule has 1 aromatic carbocycles. The minimum atomic E-state index is 0.292. The Balaban J connectivity index is 0.000000293. The van der Waals surface area contributed by atoms with E-state index >= 15 is 0 Å². The first-order valence-corrected chi connectivity index (χ1v) is 5.41. The lowest BCUT2D eigenvalue weighted by Crippen LogP contribution is -1.98. The number of benzene rings is 1. The van der Waals surface area contributed by atoms with Crippen molar-refractivity contribution in [1.29, 1.82) is 0 Å². The third-order valence-electron chi connectivity index (χ3n) is 1.51. The lowest BCUT2D eigenvalue weighted by atomic mass is 10.2. The Kier molecular flexibility index (Phi) is 9.22. The lowest BCUT2D eigenvalue weighted by molar-refractivity contribution is -0.107. The van der Waals surface area contributed by atoms with E-state index in [9.17, 15) is 0 Å². The van der Waals surface area contributed by atoms with Crippen LogP contribution in [0.2, 0.25) is 0 Å². The van der Waals surface area contributed by atoms with Gasteiger partial charge in [0.15, 0.2) is 0 Å². The molecule has 1 aromatic rings. The van der Waals surface area contributed by atoms with Crippen LogP contribution in [-0.2, 0) is 14.2 Å². The number of rotatable bonds is 4. The third-order valence-corrected chi connectivity index (χ3v) is 2.14. The molecule has 0 unspecified atom stereocenters. The van der Waals surface area contributed by atoms with Crippen LogP contribution < -0.4 is 0 Å². The summed E-state index contributed by atoms with van der Waals surface area (Å²) in [5, 5.41) is 9.00. The summed E-state index contributed by atoms with van der Waals surface area (Å²) in [5.74, 6) is 0.292. The van der Waals surface area contributed by atoms with Gasteiger partial charge in [0.1, 0.15) is 19.3 Å². The van der Waals surface area contributed by atoms with Crippen molar-refractivity contribution in [2.24, 2.45) is 0 Å². The smallest absolute Gasteiger partial charge is 0.149 e. The van der Waals surface area contributed by atoms with Crippen molar-refractivity contribution in [3.05, 3.63) is 28.2 Å². The average Bonchev–Trinajstić information content (AvgIpc) is 2.26. The first-order valence-electron chi connectivity index (χ1n) is 4.62. The lowest BCUT2D eigenvalue weighted by Gasteiger charge is -1.97. The van der Waals surface area contributed by atoms with Gasteiger partial charge in [-0.2, -0.15) is 0 Å². The average molecular weight is 293 g/mol. The normalized spacial score (nSPS) is 9.50. The summed E-state index contributed by atoms with van der Waals surface area (Å²) in [6.45, 7) is 2.58. The van der Waals surface area contributed by atoms with Crippen LogP contribution in [0.3, 0.4) is 0 Å². The second-order valence-electron chi connectivity index (χ2n) is 2.97. The zero-order valence-electron chi connectivity index (χ0n) is 9.70. The SMILES string of the molecule is COCOCOC.Cc1ccc(O)c(Br)c1. The third kappa shape index (κ3) is 7.64. The van der Waals surface area contributed by atoms with Gasteiger partial charge in [0.05, 0.1) is 4.47 Å². The van der Waals surface area contributed by atoms with Crippen molar-refractivity contribution in [3.8, 4) is 5.75 Å². The van der Waals surface area contributed by atoms with Crippen LogP contribution >= 0.6 is 15.9 Å². The fourth-order valence-electron chi connectivity index (χ4n) is 0.813. The van der Waals surface area contributed by atoms with E-state index in [1.807, 2.05) is 19.1 Å². The highest BCUT2D eigenvalue weighted by Gasteiger charge is 1.93. The maximum Gasteiger partial charge on any atom is 0.149 e. The Bertz CT molecular complexity index is 287. The molecule has 0 amide bonds. The quantitative estimate of drug-likeness (QED) is 0.685. The minimum absolute atomic E-state index is 0.292. The van der Waals surface area contributed by atoms with Crippen LogP contribution in [0.5, 0.6) is 5.75 Å². The van der Waals surface area contributed by atoms with E-state index in [-0.39, 0.29) is 0 Å². The first kappa shape index (κ1) is 15.4. The molecule has 0 saturated heterocycles. The molecule has 0 aliphatic carbocycles. The van der Waals surface area contributed by atoms with Crippen molar-refractivity contribution < 1.29 is 19.3 Å². The summed E-state index contributed by atoms with van der Waals surface area (Å²) in [6, 6.07) is 5.40. The van der Waals surface area contributed by atoms with Gasteiger partial charge in [-0.05, 0) is 40.5 Å². The molecule has 4 nitrogen and oxygen atoms in total. The Labute approximate surface area is 104 Å². The molecule has 0 radical (unpaired) electrons. The highest BCUT2D eigenvalue weighted by Crippen LogP contribution is 2.23. The molecule has 0 aromatic heterocycles. The summed E-state index contributed by atoms with van der Waals surface area (Å²) in [4.78, 5) is 0. The van der Waals surface area contributed by atoms with Gasteiger partial charge in [0, 0.05) is 14.2 Å². The van der Waals surface area contributed by atoms with Crippen molar-refractivity contribution in [2.75, 3.05) is 27.8 Å². The number of methoxy groups -OCH3 is 2. The van der Waals surface area contributed by atoms with Gasteiger partial charge in [-0.1, -0.05) is 6.07 Å². The molecule has 0 aliphatic rings. The molecule has 1 N–H and O–H groups in total. The summed E-state index contributed by atoms with van der Waals surface area (Å²) in [5.41, 5.74) is 1.14. The van der Waals surface area contributed by atoms with Crippen LogP contribution in [0.4, 0.5) is 0 Å². The van der Waals surface area contributed by atoms with E-state index < -0.39 is 0 Å². The Hall–Kier alpha value is -0.620. The fraction of sp³-hybridized carbons (Fsp3) is 0.455. The summed E-state index contributed by atoms with van der Waals surface area (Å²) in [7, 11) is 3.13. The van der Waals surface area contributed by atoms with Gasteiger partial charge >= 0.3 is 0 Å². The Morgan fingerprint density at radius 2 is 1.75 bits per heavy atom. The monoisotopic (exact) mass is 292 g/mol. The highest BCUT2D eigenvalue weighted by atomic mass is 79.9. The summed E-state index contributed by atoms with van der Waals surface area (Å²) in [6.07, 6.45) is 0. The number of halogens is 1. The van der Waals surface area contributed by atoms with Crippen LogP contribution in [0.1, 0.15) is 5.56 Å². The van der Waals surface area contributed by atoms with E-state index in [4.69, 9.17) is 5.11 Å². The maximum absolute atomic E-state index is 9.00. The van der Waals surface area contributed by atoms with Crippen molar-refractivity contribution in [2.45, 2.75) is 6.92 Å². The second-order valence-corrected chi connectivity index (χ2v) is 3.83. The van der Waals surface area contributed by atoms with Gasteiger partial charge in [-0.3, -0.25) is 0 Å². The number of hydrogen-bond donors (Lipinski definition) is 1. The van der Waals surface area contributed by atoms with Crippen LogP contribution in [-0.4, -0.2) is 32.9 Å². The molecule has 0 aliphatic heterocycles. The van der Waals surface area contributed by atoms with Crippen LogP contribution in [0.15, 0.2) is 22.7 Å². The first-order chi connectivity index (χ1) is 7.61. The second kappa shape index (κ2) is 9.59. The zero-order valence-corrected chi connectivity index (χ0v) is 11.3. The van der Waals surface area contributed by atoms with E-state index in [1.165, 1.54) is 0 Å². The standard InChI is InChI=1S/C7H7BrO.C4H10O3/c1-5-2-3-7(9)6(8)4-5;1-5-3-7-4-6-2/h2-4,9H,1H3;3-4H2,1-2H3. The molecule has 0 atom stereocenters. The molecular formula is C11H17BrO4. The molecule has 0 spiro atoms. The summed E-state index contributed by atoms with van der Waals surface area (Å²) >= 11 is 3.20. The summed E-state index contributed by atoms with van der Waals surface area (Å²) < 4.78 is 14.5. The van der Waals surface area contributed by atoms with E-state index in [2.05, 4.69) is 30.1 Å². The van der Waals surface area contributed by atoms with Gasteiger partial charge in [0.25, 0.3) is 0 Å². The molecule has 0 heterocycles. The predicted octanol–water partition coefficient (Wildman–Crippen LogP) is 2.67. The molecule has 16 heavy (non-hydrogen) atoms. The Morgan fingerprint density at radius 1 is 1.19 bits per heavy atom. The molecule has 1 rings (SSSR count). The minimum Gasteiger partial charge on any atom is -0.507 e. The molecule has 0 saturated carbocycles. The number of hydrogen-bond acceptors (Lipinski definition) is 4. The van der Waals surface area contributed by atoms with E-state index in [1.54, 1.807) is 20.3 Å². The number of aromatic hydroxyl groups is 1. The largest absolute Gasteiger partial charge is 0.507 e. The molecule has 92 valence electrons. The number of aryl methyl sites for hydroxylation is 1. The van der Waals surface area contributed by atoms with E-state index in [0.29, 0.717) is 19.3 Å². The number of phenols is 1. The van der Waals surface area contributed by atoms with Crippen LogP contribution in [0, 0.1) is 6.92 Å². The van der Waals surface area contributed by atoms with Gasteiger partial charge in [0.2, 0.25) is 0 Å². The maximum atomic E-state index is 9.00. The van der Waals surface area contributed by atoms with Crippen molar-refractivity contribution in [1.82, 2.24) is 0 Å². The predicted molar refractivity (Wildman–Crippen MR) is 65.4 cm³/mol. The van der Waals surface area contributed by atoms with Gasteiger partial charge in [-0.15, -0.1) is 0 Å². The number of phenolic OH excluding ortho intramolecular Hbond substituents is 1. The van der Waals surface area contributed by atoms with Crippen LogP contribution in [0.25, 0.3) is 0 Å². The molecule has 0 fully saturated rings. The van der Waals surface area contributed by atoms with Gasteiger partial charge in [-0.25, -0.2) is 0 Å². The highest BCUT2D eigenvalue weighted by molar-refractivity contribution is 9.10. The zero-order chi connectivity index (χ0) is 12.4. The topological polar surface area (TPSA) is 47.9 Å². The van der Waals surface area contributed by atoms with Gasteiger partial charge < -0.3 is 19.3 Å². The fourth-order valence-corrected chi connectivity index (χ4v) is 1.31.